The Morgan fingerprint density at radius 1 is 0.679 bits per heavy atom. The maximum atomic E-state index is 14.2. The SMILES string of the molecule is COCCOCCCC(=O)[C@@H](CCC(=O)OB=N)NC(=O)[C@H](CCC(=O)OB=N)CC(=O)[C@@H](Cc1ccccc1)NC(=O)[C@@H](CC(C)=O)Cc1ccc(O)cc1. The summed E-state index contributed by atoms with van der Waals surface area (Å²) in [7, 11) is 2.41. The van der Waals surface area contributed by atoms with Crippen molar-refractivity contribution in [3.63, 3.8) is 0 Å². The molecule has 0 unspecified atom stereocenters. The summed E-state index contributed by atoms with van der Waals surface area (Å²) in [6.45, 7) is 2.26. The summed E-state index contributed by atoms with van der Waals surface area (Å²) in [5.41, 5.74) is 1.37. The third-order valence-corrected chi connectivity index (χ3v) is 8.69. The molecule has 300 valence electrons. The molecule has 2 rings (SSSR count). The smallest absolute Gasteiger partial charge is 0.508 e. The average molecular weight is 776 g/mol. The van der Waals surface area contributed by atoms with Gasteiger partial charge in [0.25, 0.3) is 0 Å². The van der Waals surface area contributed by atoms with Crippen LogP contribution in [0.1, 0.15) is 69.4 Å². The van der Waals surface area contributed by atoms with E-state index in [9.17, 15) is 38.7 Å². The van der Waals surface area contributed by atoms with Crippen molar-refractivity contribution in [2.45, 2.75) is 83.2 Å². The van der Waals surface area contributed by atoms with Crippen molar-refractivity contribution in [1.82, 2.24) is 10.6 Å². The molecule has 16 nitrogen and oxygen atoms in total. The molecule has 0 fully saturated rings. The number of hydrogen-bond acceptors (Lipinski definition) is 14. The van der Waals surface area contributed by atoms with Crippen LogP contribution in [0.25, 0.3) is 0 Å². The maximum absolute atomic E-state index is 14.2. The van der Waals surface area contributed by atoms with E-state index in [-0.39, 0.29) is 69.5 Å². The Morgan fingerprint density at radius 3 is 1.88 bits per heavy atom. The Bertz CT molecular complexity index is 1630. The number of phenols is 1. The molecule has 2 aromatic rings. The minimum Gasteiger partial charge on any atom is -0.508 e. The van der Waals surface area contributed by atoms with Gasteiger partial charge in [-0.15, -0.1) is 0 Å². The molecule has 0 saturated carbocycles. The second-order valence-corrected chi connectivity index (χ2v) is 13.1. The Hall–Kier alpha value is -5.22. The fourth-order valence-corrected chi connectivity index (χ4v) is 5.79. The molecule has 56 heavy (non-hydrogen) atoms. The first-order valence-electron chi connectivity index (χ1n) is 18.3. The van der Waals surface area contributed by atoms with E-state index in [2.05, 4.69) is 19.9 Å². The van der Waals surface area contributed by atoms with Crippen molar-refractivity contribution in [2.24, 2.45) is 11.8 Å². The van der Waals surface area contributed by atoms with Crippen molar-refractivity contribution in [3.8, 4) is 5.75 Å². The molecule has 0 aliphatic carbocycles. The van der Waals surface area contributed by atoms with Crippen molar-refractivity contribution < 1.29 is 57.5 Å². The number of nitrogens with one attached hydrogen (secondary N) is 4. The average Bonchev–Trinajstić information content (AvgIpc) is 3.16. The topological polar surface area (TPSA) is 248 Å². The predicted octanol–water partition coefficient (Wildman–Crippen LogP) is 2.74. The van der Waals surface area contributed by atoms with Crippen LogP contribution in [0.3, 0.4) is 0 Å². The molecule has 0 spiro atoms. The van der Waals surface area contributed by atoms with Crippen LogP contribution in [0, 0.1) is 22.5 Å². The van der Waals surface area contributed by atoms with E-state index < -0.39 is 65.7 Å². The standard InChI is InChI=1S/C38H50B2N4O12/c1-25(45)21-29(22-27-10-13-30(46)14-11-27)38(52)44-32(23-26-7-4-3-5-8-26)34(48)24-28(12-16-35(49)55-39-41)37(51)43-31(15-17-36(50)56-40-42)33(47)9-6-18-54-20-19-53-2/h3-5,7-8,10-11,13-14,28-29,31-32,41-42,46H,6,9,12,15-24H2,1-2H3,(H,43,51)(H,44,52)/t28-,29+,31-,32-/m1/s1. The van der Waals surface area contributed by atoms with Gasteiger partial charge in [-0.2, -0.15) is 0 Å². The molecule has 0 aliphatic heterocycles. The van der Waals surface area contributed by atoms with Gasteiger partial charge >= 0.3 is 252 Å². The van der Waals surface area contributed by atoms with Gasteiger partial charge in [-0.05, 0) is 24.6 Å². The van der Waals surface area contributed by atoms with E-state index in [0.29, 0.717) is 45.3 Å². The minimum absolute atomic E-state index is 0.0242. The van der Waals surface area contributed by atoms with Gasteiger partial charge in [0.15, 0.2) is 0 Å². The number of ether oxygens (including phenoxy) is 2. The summed E-state index contributed by atoms with van der Waals surface area (Å²) in [4.78, 5) is 91.7. The summed E-state index contributed by atoms with van der Waals surface area (Å²) in [5.74, 6) is -6.30. The second-order valence-electron chi connectivity index (χ2n) is 13.1. The number of benzene rings is 2. The predicted molar refractivity (Wildman–Crippen MR) is 202 cm³/mol. The van der Waals surface area contributed by atoms with Crippen LogP contribution < -0.4 is 10.6 Å². The third-order valence-electron chi connectivity index (χ3n) is 8.69. The summed E-state index contributed by atoms with van der Waals surface area (Å²) >= 11 is 0. The molecule has 4 atom stereocenters. The molecule has 0 saturated heterocycles. The number of carbonyl (C=O) groups excluding carboxylic acids is 7. The number of hydrogen-bond donors (Lipinski definition) is 5. The zero-order valence-corrected chi connectivity index (χ0v) is 31.8. The number of amides is 2. The Balaban J connectivity index is 2.37. The number of aromatic hydroxyl groups is 1. The fraction of sp³-hybridized carbons (Fsp3) is 0.500. The zero-order chi connectivity index (χ0) is 41.3. The second kappa shape index (κ2) is 26.6. The molecular formula is C38H50B2N4O12. The van der Waals surface area contributed by atoms with Crippen LogP contribution >= 0.6 is 0 Å². The van der Waals surface area contributed by atoms with Gasteiger partial charge in [-0.25, -0.2) is 0 Å². The first-order valence-corrected chi connectivity index (χ1v) is 18.3. The zero-order valence-electron chi connectivity index (χ0n) is 31.8. The van der Waals surface area contributed by atoms with Crippen molar-refractivity contribution in [3.05, 3.63) is 65.7 Å². The number of phenolic OH excluding ortho intramolecular Hbond substituents is 1. The normalized spacial score (nSPS) is 12.8. The number of ketones is 3. The number of carbonyl (C=O) groups is 7. The van der Waals surface area contributed by atoms with Crippen LogP contribution in [-0.2, 0) is 65.2 Å². The number of methoxy groups -OCH3 is 1. The van der Waals surface area contributed by atoms with E-state index in [4.69, 9.17) is 20.1 Å². The van der Waals surface area contributed by atoms with Gasteiger partial charge < -0.3 is 14.6 Å². The molecule has 0 radical (unpaired) electrons. The first kappa shape index (κ1) is 46.9. The van der Waals surface area contributed by atoms with Crippen molar-refractivity contribution >= 4 is 55.7 Å². The number of rotatable bonds is 29. The molecule has 0 aromatic heterocycles. The van der Waals surface area contributed by atoms with Gasteiger partial charge in [-0.1, -0.05) is 18.2 Å². The van der Waals surface area contributed by atoms with Gasteiger partial charge in [0.05, 0.1) is 0 Å². The van der Waals surface area contributed by atoms with Crippen molar-refractivity contribution in [1.29, 1.82) is 10.6 Å². The summed E-state index contributed by atoms with van der Waals surface area (Å²) in [5, 5.41) is 29.2. The van der Waals surface area contributed by atoms with Crippen LogP contribution in [0.2, 0.25) is 0 Å². The Morgan fingerprint density at radius 2 is 1.27 bits per heavy atom. The molecule has 5 N–H and O–H groups in total. The van der Waals surface area contributed by atoms with E-state index in [1.165, 1.54) is 26.2 Å². The fourth-order valence-electron chi connectivity index (χ4n) is 5.79. The van der Waals surface area contributed by atoms with Gasteiger partial charge in [-0.3, -0.25) is 0 Å². The number of Topliss-reactive ketones (excluding diaryl/α,β-unsaturated/α-hetero) is 3. The van der Waals surface area contributed by atoms with Crippen LogP contribution in [0.4, 0.5) is 0 Å². The van der Waals surface area contributed by atoms with Crippen LogP contribution in [-0.4, -0.2) is 99.8 Å². The quantitative estimate of drug-likeness (QED) is 0.0591. The molecular weight excluding hydrogens is 726 g/mol. The molecule has 0 bridgehead atoms. The first-order chi connectivity index (χ1) is 26.9. The minimum atomic E-state index is -1.22. The molecule has 0 aliphatic rings. The van der Waals surface area contributed by atoms with Gasteiger partial charge in [0.2, 0.25) is 0 Å². The summed E-state index contributed by atoms with van der Waals surface area (Å²) in [6.07, 6.45) is -1.25. The van der Waals surface area contributed by atoms with Crippen molar-refractivity contribution in [2.75, 3.05) is 26.9 Å². The van der Waals surface area contributed by atoms with Gasteiger partial charge in [0, 0.05) is 7.11 Å². The monoisotopic (exact) mass is 776 g/mol. The summed E-state index contributed by atoms with van der Waals surface area (Å²) < 4.78 is 19.5. The molecule has 18 heteroatoms. The van der Waals surface area contributed by atoms with E-state index >= 15 is 0 Å². The Labute approximate surface area is 327 Å². The molecule has 2 amide bonds. The van der Waals surface area contributed by atoms with Crippen LogP contribution in [0.5, 0.6) is 5.75 Å². The van der Waals surface area contributed by atoms with Gasteiger partial charge in [0.1, 0.15) is 11.5 Å². The third kappa shape index (κ3) is 18.9. The van der Waals surface area contributed by atoms with E-state index in [1.54, 1.807) is 42.5 Å². The molecule has 2 aromatic carbocycles. The van der Waals surface area contributed by atoms with E-state index in [0.717, 1.165) is 0 Å². The summed E-state index contributed by atoms with van der Waals surface area (Å²) in [6, 6.07) is 12.6. The Kier molecular flexibility index (Phi) is 22.3. The van der Waals surface area contributed by atoms with Crippen LogP contribution in [0.15, 0.2) is 54.6 Å². The van der Waals surface area contributed by atoms with E-state index in [1.807, 2.05) is 0 Å². The molecule has 0 heterocycles.